The van der Waals surface area contributed by atoms with Gasteiger partial charge < -0.3 is 14.7 Å². The summed E-state index contributed by atoms with van der Waals surface area (Å²) in [6.07, 6.45) is 3.97. The summed E-state index contributed by atoms with van der Waals surface area (Å²) in [4.78, 5) is 2.36. The van der Waals surface area contributed by atoms with Gasteiger partial charge in [0, 0.05) is 26.2 Å². The molecule has 14 heavy (non-hydrogen) atoms. The number of β-amino-alcohol motifs (C(OH)–C–C–N with tert-alkyl or cyclic N) is 1. The van der Waals surface area contributed by atoms with E-state index in [1.807, 2.05) is 0 Å². The fourth-order valence-corrected chi connectivity index (χ4v) is 2.43. The van der Waals surface area contributed by atoms with Crippen LogP contribution in [0.2, 0.25) is 0 Å². The summed E-state index contributed by atoms with van der Waals surface area (Å²) in [6, 6.07) is 0. The van der Waals surface area contributed by atoms with Gasteiger partial charge in [-0.1, -0.05) is 6.92 Å². The van der Waals surface area contributed by atoms with Crippen molar-refractivity contribution in [2.45, 2.75) is 38.4 Å². The summed E-state index contributed by atoms with van der Waals surface area (Å²) in [7, 11) is 0. The highest BCUT2D eigenvalue weighted by Crippen LogP contribution is 2.19. The first-order valence-electron chi connectivity index (χ1n) is 5.77. The average Bonchev–Trinajstić information content (AvgIpc) is 2.74. The first kappa shape index (κ1) is 10.4. The molecule has 2 fully saturated rings. The summed E-state index contributed by atoms with van der Waals surface area (Å²) >= 11 is 0. The van der Waals surface area contributed by atoms with E-state index < -0.39 is 0 Å². The van der Waals surface area contributed by atoms with Crippen LogP contribution in [0.1, 0.15) is 26.2 Å². The van der Waals surface area contributed by atoms with Crippen LogP contribution < -0.4 is 0 Å². The largest absolute Gasteiger partial charge is 0.391 e. The molecule has 2 aliphatic heterocycles. The molecule has 0 aromatic rings. The van der Waals surface area contributed by atoms with Crippen LogP contribution in [0.5, 0.6) is 0 Å². The molecule has 1 N–H and O–H groups in total. The number of hydrogen-bond donors (Lipinski definition) is 1. The van der Waals surface area contributed by atoms with Crippen molar-refractivity contribution in [2.75, 3.05) is 26.2 Å². The average molecular weight is 199 g/mol. The molecular formula is C11H21NO2. The molecule has 2 rings (SSSR count). The van der Waals surface area contributed by atoms with Gasteiger partial charge in [-0.25, -0.2) is 0 Å². The Balaban J connectivity index is 1.66. The number of aliphatic hydroxyl groups excluding tert-OH is 1. The minimum absolute atomic E-state index is 0.112. The molecule has 3 heteroatoms. The fourth-order valence-electron chi connectivity index (χ4n) is 2.43. The first-order valence-corrected chi connectivity index (χ1v) is 5.77. The maximum Gasteiger partial charge on any atom is 0.0704 e. The van der Waals surface area contributed by atoms with Crippen LogP contribution in [-0.2, 0) is 4.74 Å². The van der Waals surface area contributed by atoms with Gasteiger partial charge in [-0.05, 0) is 25.2 Å². The predicted octanol–water partition coefficient (Wildman–Crippen LogP) is 0.868. The van der Waals surface area contributed by atoms with Crippen molar-refractivity contribution < 1.29 is 9.84 Å². The third-order valence-corrected chi connectivity index (χ3v) is 3.44. The van der Waals surface area contributed by atoms with Crippen molar-refractivity contribution in [3.05, 3.63) is 0 Å². The maximum absolute atomic E-state index is 9.59. The molecule has 0 aromatic carbocycles. The fraction of sp³-hybridized carbons (Fsp3) is 1.00. The van der Waals surface area contributed by atoms with Crippen molar-refractivity contribution >= 4 is 0 Å². The second-order valence-corrected chi connectivity index (χ2v) is 4.73. The van der Waals surface area contributed by atoms with Crippen LogP contribution in [0.15, 0.2) is 0 Å². The maximum atomic E-state index is 9.59. The Bertz CT molecular complexity index is 170. The highest BCUT2D eigenvalue weighted by atomic mass is 16.5. The summed E-state index contributed by atoms with van der Waals surface area (Å²) in [5, 5.41) is 9.59. The highest BCUT2D eigenvalue weighted by molar-refractivity contribution is 4.81. The van der Waals surface area contributed by atoms with E-state index in [1.165, 1.54) is 12.8 Å². The molecule has 2 aliphatic rings. The van der Waals surface area contributed by atoms with Crippen LogP contribution >= 0.6 is 0 Å². The van der Waals surface area contributed by atoms with E-state index in [0.717, 1.165) is 32.7 Å². The summed E-state index contributed by atoms with van der Waals surface area (Å²) in [6.45, 7) is 6.06. The number of hydrogen-bond acceptors (Lipinski definition) is 3. The third kappa shape index (κ3) is 2.47. The zero-order chi connectivity index (χ0) is 9.97. The lowest BCUT2D eigenvalue weighted by molar-refractivity contribution is 0.0924. The molecule has 2 heterocycles. The lowest BCUT2D eigenvalue weighted by Gasteiger charge is -2.17. The van der Waals surface area contributed by atoms with E-state index in [2.05, 4.69) is 11.8 Å². The van der Waals surface area contributed by atoms with E-state index in [1.54, 1.807) is 0 Å². The topological polar surface area (TPSA) is 32.7 Å². The minimum Gasteiger partial charge on any atom is -0.391 e. The molecule has 0 spiro atoms. The molecule has 0 aliphatic carbocycles. The van der Waals surface area contributed by atoms with Gasteiger partial charge >= 0.3 is 0 Å². The Morgan fingerprint density at radius 2 is 2.29 bits per heavy atom. The van der Waals surface area contributed by atoms with Crippen molar-refractivity contribution in [3.8, 4) is 0 Å². The van der Waals surface area contributed by atoms with Gasteiger partial charge in [-0.2, -0.15) is 0 Å². The molecule has 2 saturated heterocycles. The van der Waals surface area contributed by atoms with Crippen LogP contribution in [-0.4, -0.2) is 48.5 Å². The Morgan fingerprint density at radius 1 is 1.43 bits per heavy atom. The van der Waals surface area contributed by atoms with E-state index in [0.29, 0.717) is 12.0 Å². The van der Waals surface area contributed by atoms with Crippen molar-refractivity contribution in [3.63, 3.8) is 0 Å². The normalized spacial score (nSPS) is 39.4. The summed E-state index contributed by atoms with van der Waals surface area (Å²) in [5.74, 6) is 0.444. The molecule has 82 valence electrons. The van der Waals surface area contributed by atoms with Crippen LogP contribution in [0.4, 0.5) is 0 Å². The zero-order valence-electron chi connectivity index (χ0n) is 8.98. The van der Waals surface area contributed by atoms with Gasteiger partial charge in [-0.15, -0.1) is 0 Å². The number of nitrogens with zero attached hydrogens (tertiary/aromatic N) is 1. The quantitative estimate of drug-likeness (QED) is 0.732. The van der Waals surface area contributed by atoms with E-state index in [9.17, 15) is 5.11 Å². The van der Waals surface area contributed by atoms with Crippen LogP contribution in [0.3, 0.4) is 0 Å². The van der Waals surface area contributed by atoms with E-state index in [-0.39, 0.29) is 6.10 Å². The monoisotopic (exact) mass is 199 g/mol. The van der Waals surface area contributed by atoms with Crippen molar-refractivity contribution in [2.24, 2.45) is 5.92 Å². The van der Waals surface area contributed by atoms with Gasteiger partial charge in [-0.3, -0.25) is 0 Å². The SMILES string of the molecule is CC1CN(CCC2CCCO2)CC1O. The van der Waals surface area contributed by atoms with Gasteiger partial charge in [0.15, 0.2) is 0 Å². The summed E-state index contributed by atoms with van der Waals surface area (Å²) < 4.78 is 5.58. The Hall–Kier alpha value is -0.120. The Kier molecular flexibility index (Phi) is 3.42. The number of aliphatic hydroxyl groups is 1. The molecule has 3 nitrogen and oxygen atoms in total. The smallest absolute Gasteiger partial charge is 0.0704 e. The molecule has 0 radical (unpaired) electrons. The zero-order valence-corrected chi connectivity index (χ0v) is 8.98. The molecule has 3 atom stereocenters. The van der Waals surface area contributed by atoms with Gasteiger partial charge in [0.2, 0.25) is 0 Å². The summed E-state index contributed by atoms with van der Waals surface area (Å²) in [5.41, 5.74) is 0. The van der Waals surface area contributed by atoms with Gasteiger partial charge in [0.05, 0.1) is 12.2 Å². The molecule has 3 unspecified atom stereocenters. The lowest BCUT2D eigenvalue weighted by Crippen LogP contribution is -2.26. The number of ether oxygens (including phenoxy) is 1. The number of likely N-dealkylation sites (tertiary alicyclic amines) is 1. The molecular weight excluding hydrogens is 178 g/mol. The highest BCUT2D eigenvalue weighted by Gasteiger charge is 2.28. The van der Waals surface area contributed by atoms with Gasteiger partial charge in [0.1, 0.15) is 0 Å². The lowest BCUT2D eigenvalue weighted by atomic mass is 10.1. The number of rotatable bonds is 3. The van der Waals surface area contributed by atoms with Crippen molar-refractivity contribution in [1.82, 2.24) is 4.90 Å². The van der Waals surface area contributed by atoms with E-state index in [4.69, 9.17) is 4.74 Å². The van der Waals surface area contributed by atoms with Crippen LogP contribution in [0, 0.1) is 5.92 Å². The first-order chi connectivity index (χ1) is 6.75. The Morgan fingerprint density at radius 3 is 2.86 bits per heavy atom. The van der Waals surface area contributed by atoms with Crippen LogP contribution in [0.25, 0.3) is 0 Å². The minimum atomic E-state index is -0.112. The molecule has 0 aromatic heterocycles. The predicted molar refractivity (Wildman–Crippen MR) is 55.2 cm³/mol. The molecule has 0 bridgehead atoms. The third-order valence-electron chi connectivity index (χ3n) is 3.44. The standard InChI is InChI=1S/C11H21NO2/c1-9-7-12(8-11(9)13)5-4-10-3-2-6-14-10/h9-11,13H,2-8H2,1H3. The second-order valence-electron chi connectivity index (χ2n) is 4.73. The van der Waals surface area contributed by atoms with Gasteiger partial charge in [0.25, 0.3) is 0 Å². The van der Waals surface area contributed by atoms with E-state index >= 15 is 0 Å². The molecule has 0 amide bonds. The Labute approximate surface area is 86.0 Å². The second kappa shape index (κ2) is 4.60. The van der Waals surface area contributed by atoms with Crippen molar-refractivity contribution in [1.29, 1.82) is 0 Å². The molecule has 0 saturated carbocycles.